The summed E-state index contributed by atoms with van der Waals surface area (Å²) in [5.41, 5.74) is 1.36. The van der Waals surface area contributed by atoms with Crippen molar-refractivity contribution < 1.29 is 4.39 Å². The van der Waals surface area contributed by atoms with Crippen molar-refractivity contribution in [1.82, 2.24) is 5.32 Å². The van der Waals surface area contributed by atoms with Gasteiger partial charge in [-0.3, -0.25) is 0 Å². The number of benzene rings is 2. The smallest absolute Gasteiger partial charge is 0.124 e. The molecule has 0 bridgehead atoms. The van der Waals surface area contributed by atoms with Gasteiger partial charge >= 0.3 is 0 Å². The summed E-state index contributed by atoms with van der Waals surface area (Å²) in [5.74, 6) is 0.785. The zero-order valence-corrected chi connectivity index (χ0v) is 12.5. The second-order valence-electron chi connectivity index (χ2n) is 4.78. The SMILES string of the molecule is CNC(CCc1ccccc1)CSc1cccc(F)c1. The van der Waals surface area contributed by atoms with Crippen LogP contribution in [0.25, 0.3) is 0 Å². The Hall–Kier alpha value is -1.32. The number of nitrogens with one attached hydrogen (secondary N) is 1. The molecule has 0 aliphatic rings. The van der Waals surface area contributed by atoms with Gasteiger partial charge in [0.1, 0.15) is 5.82 Å². The van der Waals surface area contributed by atoms with E-state index in [9.17, 15) is 4.39 Å². The first-order chi connectivity index (χ1) is 9.78. The molecule has 106 valence electrons. The molecule has 2 rings (SSSR count). The number of thioether (sulfide) groups is 1. The Morgan fingerprint density at radius 1 is 1.10 bits per heavy atom. The van der Waals surface area contributed by atoms with E-state index < -0.39 is 0 Å². The molecule has 0 amide bonds. The van der Waals surface area contributed by atoms with Gasteiger partial charge in [-0.05, 0) is 43.7 Å². The predicted octanol–water partition coefficient (Wildman–Crippen LogP) is 4.14. The molecule has 1 unspecified atom stereocenters. The van der Waals surface area contributed by atoms with E-state index in [1.54, 1.807) is 23.9 Å². The number of hydrogen-bond acceptors (Lipinski definition) is 2. The van der Waals surface area contributed by atoms with Gasteiger partial charge in [-0.2, -0.15) is 0 Å². The first-order valence-corrected chi connectivity index (χ1v) is 7.86. The van der Waals surface area contributed by atoms with Crippen LogP contribution in [0.3, 0.4) is 0 Å². The van der Waals surface area contributed by atoms with Crippen molar-refractivity contribution in [2.24, 2.45) is 0 Å². The summed E-state index contributed by atoms with van der Waals surface area (Å²) in [4.78, 5) is 0.991. The molecule has 1 nitrogen and oxygen atoms in total. The van der Waals surface area contributed by atoms with Crippen LogP contribution in [0.2, 0.25) is 0 Å². The average molecular weight is 289 g/mol. The van der Waals surface area contributed by atoms with Gasteiger partial charge in [0.15, 0.2) is 0 Å². The van der Waals surface area contributed by atoms with E-state index in [1.165, 1.54) is 11.6 Å². The zero-order chi connectivity index (χ0) is 14.2. The average Bonchev–Trinajstić information content (AvgIpc) is 2.48. The summed E-state index contributed by atoms with van der Waals surface area (Å²) in [6.07, 6.45) is 2.15. The van der Waals surface area contributed by atoms with E-state index in [2.05, 4.69) is 29.6 Å². The molecule has 0 spiro atoms. The summed E-state index contributed by atoms with van der Waals surface area (Å²) < 4.78 is 13.1. The molecule has 0 saturated carbocycles. The van der Waals surface area contributed by atoms with Crippen molar-refractivity contribution in [3.8, 4) is 0 Å². The lowest BCUT2D eigenvalue weighted by molar-refractivity contribution is 0.572. The fourth-order valence-electron chi connectivity index (χ4n) is 2.05. The van der Waals surface area contributed by atoms with Crippen LogP contribution < -0.4 is 5.32 Å². The van der Waals surface area contributed by atoms with Crippen molar-refractivity contribution in [3.05, 3.63) is 66.0 Å². The van der Waals surface area contributed by atoms with Gasteiger partial charge in [0, 0.05) is 16.7 Å². The monoisotopic (exact) mass is 289 g/mol. The molecule has 0 aliphatic heterocycles. The molecule has 0 aromatic heterocycles. The summed E-state index contributed by atoms with van der Waals surface area (Å²) >= 11 is 1.70. The third-order valence-corrected chi connectivity index (χ3v) is 4.44. The molecule has 1 atom stereocenters. The topological polar surface area (TPSA) is 12.0 Å². The van der Waals surface area contributed by atoms with Crippen molar-refractivity contribution >= 4 is 11.8 Å². The van der Waals surface area contributed by atoms with E-state index in [4.69, 9.17) is 0 Å². The molecule has 1 N–H and O–H groups in total. The number of halogens is 1. The second-order valence-corrected chi connectivity index (χ2v) is 5.87. The Morgan fingerprint density at radius 3 is 2.60 bits per heavy atom. The molecule has 2 aromatic rings. The minimum Gasteiger partial charge on any atom is -0.316 e. The van der Waals surface area contributed by atoms with E-state index in [0.29, 0.717) is 6.04 Å². The van der Waals surface area contributed by atoms with Crippen LogP contribution in [-0.4, -0.2) is 18.8 Å². The number of rotatable bonds is 7. The zero-order valence-electron chi connectivity index (χ0n) is 11.7. The van der Waals surface area contributed by atoms with Crippen molar-refractivity contribution in [3.63, 3.8) is 0 Å². The fraction of sp³-hybridized carbons (Fsp3) is 0.294. The Kier molecular flexibility index (Phi) is 6.09. The van der Waals surface area contributed by atoms with Crippen LogP contribution in [-0.2, 0) is 6.42 Å². The van der Waals surface area contributed by atoms with Crippen molar-refractivity contribution in [1.29, 1.82) is 0 Å². The third kappa shape index (κ3) is 4.99. The van der Waals surface area contributed by atoms with Gasteiger partial charge < -0.3 is 5.32 Å². The molecule has 0 fully saturated rings. The Morgan fingerprint density at radius 2 is 1.90 bits per heavy atom. The minimum absolute atomic E-state index is 0.166. The van der Waals surface area contributed by atoms with Gasteiger partial charge in [-0.25, -0.2) is 4.39 Å². The van der Waals surface area contributed by atoms with Gasteiger partial charge in [-0.15, -0.1) is 11.8 Å². The largest absolute Gasteiger partial charge is 0.316 e. The Bertz CT molecular complexity index is 515. The first-order valence-electron chi connectivity index (χ1n) is 6.87. The maximum atomic E-state index is 13.1. The Labute approximate surface area is 124 Å². The molecule has 2 aromatic carbocycles. The first kappa shape index (κ1) is 15.1. The maximum Gasteiger partial charge on any atom is 0.124 e. The van der Waals surface area contributed by atoms with Crippen LogP contribution >= 0.6 is 11.8 Å². The quantitative estimate of drug-likeness (QED) is 0.769. The van der Waals surface area contributed by atoms with E-state index >= 15 is 0 Å². The summed E-state index contributed by atoms with van der Waals surface area (Å²) in [7, 11) is 1.99. The molecular weight excluding hydrogens is 269 g/mol. The highest BCUT2D eigenvalue weighted by molar-refractivity contribution is 7.99. The molecule has 3 heteroatoms. The standard InChI is InChI=1S/C17H20FNS/c1-19-16(11-10-14-6-3-2-4-7-14)13-20-17-9-5-8-15(18)12-17/h2-9,12,16,19H,10-11,13H2,1H3. The van der Waals surface area contributed by atoms with Gasteiger partial charge in [0.2, 0.25) is 0 Å². The minimum atomic E-state index is -0.166. The number of aryl methyl sites for hydroxylation is 1. The summed E-state index contributed by atoms with van der Waals surface area (Å²) in [6, 6.07) is 17.7. The van der Waals surface area contributed by atoms with Crippen LogP contribution in [0.15, 0.2) is 59.5 Å². The van der Waals surface area contributed by atoms with Gasteiger partial charge in [0.25, 0.3) is 0 Å². The van der Waals surface area contributed by atoms with Crippen LogP contribution in [0.5, 0.6) is 0 Å². The van der Waals surface area contributed by atoms with Gasteiger partial charge in [-0.1, -0.05) is 36.4 Å². The normalized spacial score (nSPS) is 12.3. The highest BCUT2D eigenvalue weighted by Crippen LogP contribution is 2.20. The van der Waals surface area contributed by atoms with E-state index in [0.717, 1.165) is 23.5 Å². The molecule has 0 saturated heterocycles. The molecule has 0 radical (unpaired) electrons. The van der Waals surface area contributed by atoms with Crippen LogP contribution in [0.1, 0.15) is 12.0 Å². The molecule has 20 heavy (non-hydrogen) atoms. The highest BCUT2D eigenvalue weighted by atomic mass is 32.2. The van der Waals surface area contributed by atoms with Crippen LogP contribution in [0.4, 0.5) is 4.39 Å². The highest BCUT2D eigenvalue weighted by Gasteiger charge is 2.07. The number of hydrogen-bond donors (Lipinski definition) is 1. The lowest BCUT2D eigenvalue weighted by Crippen LogP contribution is -2.28. The van der Waals surface area contributed by atoms with Crippen molar-refractivity contribution in [2.45, 2.75) is 23.8 Å². The lowest BCUT2D eigenvalue weighted by Gasteiger charge is -2.15. The molecule has 0 aliphatic carbocycles. The lowest BCUT2D eigenvalue weighted by atomic mass is 10.1. The van der Waals surface area contributed by atoms with Crippen LogP contribution in [0, 0.1) is 5.82 Å². The Balaban J connectivity index is 1.80. The van der Waals surface area contributed by atoms with E-state index in [-0.39, 0.29) is 5.82 Å². The third-order valence-electron chi connectivity index (χ3n) is 3.28. The van der Waals surface area contributed by atoms with E-state index in [1.807, 2.05) is 19.2 Å². The van der Waals surface area contributed by atoms with Gasteiger partial charge in [0.05, 0.1) is 0 Å². The van der Waals surface area contributed by atoms with Crippen molar-refractivity contribution in [2.75, 3.05) is 12.8 Å². The summed E-state index contributed by atoms with van der Waals surface area (Å²) in [5, 5.41) is 3.34. The molecular formula is C17H20FNS. The second kappa shape index (κ2) is 8.08. The fourth-order valence-corrected chi connectivity index (χ4v) is 3.15. The molecule has 0 heterocycles. The summed E-state index contributed by atoms with van der Waals surface area (Å²) in [6.45, 7) is 0. The maximum absolute atomic E-state index is 13.1. The predicted molar refractivity (Wildman–Crippen MR) is 84.7 cm³/mol.